The number of nitrogens with one attached hydrogen (secondary N) is 1. The largest absolute Gasteiger partial charge is 0.493 e. The summed E-state index contributed by atoms with van der Waals surface area (Å²) < 4.78 is 12.4. The maximum atomic E-state index is 12.5. The normalized spacial score (nSPS) is 11.1. The molecular weight excluding hydrogens is 404 g/mol. The van der Waals surface area contributed by atoms with Crippen molar-refractivity contribution in [2.45, 2.75) is 20.4 Å². The van der Waals surface area contributed by atoms with Crippen LogP contribution in [0.3, 0.4) is 0 Å². The number of likely N-dealkylation sites (N-methyl/N-ethyl adjacent to an activating group) is 1. The molecule has 1 amide bonds. The first-order valence-electron chi connectivity index (χ1n) is 9.84. The van der Waals surface area contributed by atoms with Gasteiger partial charge in [-0.2, -0.15) is 3.96 Å². The van der Waals surface area contributed by atoms with Gasteiger partial charge in [0.1, 0.15) is 11.4 Å². The summed E-state index contributed by atoms with van der Waals surface area (Å²) in [7, 11) is 1.58. The SMILES string of the molecule is CCN(CC)CCOc1ccc(CNC(=O)n2sc3ncccc3c2=O)cc1OC. The molecule has 0 unspecified atom stereocenters. The van der Waals surface area contributed by atoms with Crippen LogP contribution in [0.25, 0.3) is 10.2 Å². The smallest absolute Gasteiger partial charge is 0.338 e. The summed E-state index contributed by atoms with van der Waals surface area (Å²) in [6.07, 6.45) is 1.60. The van der Waals surface area contributed by atoms with Crippen LogP contribution in [0.1, 0.15) is 19.4 Å². The number of carbonyl (C=O) groups is 1. The van der Waals surface area contributed by atoms with Crippen LogP contribution in [0.5, 0.6) is 11.5 Å². The Bertz CT molecular complexity index is 1060. The van der Waals surface area contributed by atoms with E-state index in [1.807, 2.05) is 18.2 Å². The van der Waals surface area contributed by atoms with E-state index in [0.29, 0.717) is 28.3 Å². The molecule has 1 aromatic carbocycles. The highest BCUT2D eigenvalue weighted by Crippen LogP contribution is 2.28. The van der Waals surface area contributed by atoms with Crippen molar-refractivity contribution in [3.63, 3.8) is 0 Å². The summed E-state index contributed by atoms with van der Waals surface area (Å²) in [4.78, 5) is 31.8. The van der Waals surface area contributed by atoms with Gasteiger partial charge in [-0.15, -0.1) is 0 Å². The molecule has 2 aromatic heterocycles. The van der Waals surface area contributed by atoms with Gasteiger partial charge in [-0.05, 0) is 54.5 Å². The van der Waals surface area contributed by atoms with Crippen molar-refractivity contribution in [2.75, 3.05) is 33.4 Å². The van der Waals surface area contributed by atoms with Gasteiger partial charge in [0.05, 0.1) is 12.5 Å². The molecule has 0 saturated carbocycles. The van der Waals surface area contributed by atoms with E-state index in [1.54, 1.807) is 25.4 Å². The standard InChI is InChI=1S/C21H26N4O4S/c1-4-24(5-2)11-12-29-17-9-8-15(13-18(17)28-3)14-23-21(27)25-20(26)16-7-6-10-22-19(16)30-25/h6-10,13H,4-5,11-12,14H2,1-3H3,(H,23,27). The van der Waals surface area contributed by atoms with E-state index >= 15 is 0 Å². The molecule has 0 aliphatic rings. The summed E-state index contributed by atoms with van der Waals surface area (Å²) in [5, 5.41) is 3.20. The molecule has 0 spiro atoms. The number of methoxy groups -OCH3 is 1. The zero-order valence-corrected chi connectivity index (χ0v) is 18.2. The highest BCUT2D eigenvalue weighted by atomic mass is 32.1. The minimum Gasteiger partial charge on any atom is -0.493 e. The molecular formula is C21H26N4O4S. The average molecular weight is 431 g/mol. The zero-order valence-electron chi connectivity index (χ0n) is 17.4. The molecule has 8 nitrogen and oxygen atoms in total. The van der Waals surface area contributed by atoms with Gasteiger partial charge in [-0.1, -0.05) is 19.9 Å². The summed E-state index contributed by atoms with van der Waals surface area (Å²) >= 11 is 1.02. The molecule has 0 fully saturated rings. The average Bonchev–Trinajstić information content (AvgIpc) is 3.12. The third-order valence-corrected chi connectivity index (χ3v) is 5.79. The van der Waals surface area contributed by atoms with Gasteiger partial charge in [0.15, 0.2) is 11.5 Å². The Morgan fingerprint density at radius 2 is 2.03 bits per heavy atom. The van der Waals surface area contributed by atoms with Gasteiger partial charge in [-0.3, -0.25) is 4.79 Å². The van der Waals surface area contributed by atoms with Crippen LogP contribution in [0, 0.1) is 0 Å². The molecule has 0 bridgehead atoms. The molecule has 3 rings (SSSR count). The fourth-order valence-electron chi connectivity index (χ4n) is 3.01. The highest BCUT2D eigenvalue weighted by molar-refractivity contribution is 7.14. The quantitative estimate of drug-likeness (QED) is 0.562. The second-order valence-corrected chi connectivity index (χ2v) is 7.50. The number of fused-ring (bicyclic) bond motifs is 1. The van der Waals surface area contributed by atoms with Crippen molar-refractivity contribution < 1.29 is 14.3 Å². The Labute approximate surface area is 179 Å². The Kier molecular flexibility index (Phi) is 7.42. The molecule has 0 aliphatic carbocycles. The predicted octanol–water partition coefficient (Wildman–Crippen LogP) is 2.95. The third kappa shape index (κ3) is 4.98. The molecule has 0 atom stereocenters. The fourth-order valence-corrected chi connectivity index (χ4v) is 3.88. The van der Waals surface area contributed by atoms with Gasteiger partial charge in [0.25, 0.3) is 5.56 Å². The first-order valence-corrected chi connectivity index (χ1v) is 10.6. The lowest BCUT2D eigenvalue weighted by molar-refractivity contribution is 0.217. The molecule has 2 heterocycles. The van der Waals surface area contributed by atoms with E-state index in [4.69, 9.17) is 9.47 Å². The highest BCUT2D eigenvalue weighted by Gasteiger charge is 2.14. The van der Waals surface area contributed by atoms with E-state index in [0.717, 1.165) is 40.7 Å². The van der Waals surface area contributed by atoms with Crippen molar-refractivity contribution in [3.8, 4) is 11.5 Å². The zero-order chi connectivity index (χ0) is 21.5. The topological polar surface area (TPSA) is 85.7 Å². The van der Waals surface area contributed by atoms with Crippen molar-refractivity contribution in [2.24, 2.45) is 0 Å². The summed E-state index contributed by atoms with van der Waals surface area (Å²) in [6, 6.07) is 8.37. The lowest BCUT2D eigenvalue weighted by atomic mass is 10.2. The maximum absolute atomic E-state index is 12.5. The number of aromatic nitrogens is 2. The Hall–Kier alpha value is -2.91. The molecule has 0 aliphatic heterocycles. The summed E-state index contributed by atoms with van der Waals surface area (Å²) in [6.45, 7) is 7.86. The number of nitrogens with zero attached hydrogens (tertiary/aromatic N) is 3. The fraction of sp³-hybridized carbons (Fsp3) is 0.381. The Morgan fingerprint density at radius 3 is 2.73 bits per heavy atom. The first-order chi connectivity index (χ1) is 14.6. The number of pyridine rings is 1. The number of ether oxygens (including phenoxy) is 2. The minimum absolute atomic E-state index is 0.253. The third-order valence-electron chi connectivity index (χ3n) is 4.78. The first kappa shape index (κ1) is 21.8. The second kappa shape index (κ2) is 10.2. The van der Waals surface area contributed by atoms with Crippen LogP contribution in [0.4, 0.5) is 4.79 Å². The minimum atomic E-state index is -0.485. The van der Waals surface area contributed by atoms with Crippen LogP contribution in [-0.2, 0) is 6.54 Å². The molecule has 9 heteroatoms. The van der Waals surface area contributed by atoms with Gasteiger partial charge < -0.3 is 19.7 Å². The summed E-state index contributed by atoms with van der Waals surface area (Å²) in [5.41, 5.74) is 0.471. The van der Waals surface area contributed by atoms with Crippen molar-refractivity contribution in [1.82, 2.24) is 19.2 Å². The second-order valence-electron chi connectivity index (χ2n) is 6.57. The van der Waals surface area contributed by atoms with Gasteiger partial charge >= 0.3 is 6.03 Å². The number of rotatable bonds is 9. The summed E-state index contributed by atoms with van der Waals surface area (Å²) in [5.74, 6) is 1.26. The Balaban J connectivity index is 1.63. The van der Waals surface area contributed by atoms with Crippen molar-refractivity contribution >= 4 is 27.8 Å². The molecule has 0 radical (unpaired) electrons. The molecule has 0 saturated heterocycles. The van der Waals surface area contributed by atoms with Crippen LogP contribution in [0.15, 0.2) is 41.3 Å². The van der Waals surface area contributed by atoms with E-state index in [1.165, 1.54) is 0 Å². The maximum Gasteiger partial charge on any atom is 0.338 e. The van der Waals surface area contributed by atoms with Crippen molar-refractivity contribution in [3.05, 3.63) is 52.4 Å². The van der Waals surface area contributed by atoms with Crippen LogP contribution >= 0.6 is 11.5 Å². The number of amides is 1. The van der Waals surface area contributed by atoms with Crippen LogP contribution in [0.2, 0.25) is 0 Å². The predicted molar refractivity (Wildman–Crippen MR) is 118 cm³/mol. The van der Waals surface area contributed by atoms with E-state index in [9.17, 15) is 9.59 Å². The van der Waals surface area contributed by atoms with E-state index < -0.39 is 6.03 Å². The van der Waals surface area contributed by atoms with E-state index in [2.05, 4.69) is 29.0 Å². The van der Waals surface area contributed by atoms with Crippen LogP contribution < -0.4 is 20.3 Å². The van der Waals surface area contributed by atoms with Crippen LogP contribution in [-0.4, -0.2) is 53.2 Å². The van der Waals surface area contributed by atoms with Gasteiger partial charge in [0.2, 0.25) is 0 Å². The monoisotopic (exact) mass is 430 g/mol. The number of carbonyl (C=O) groups excluding carboxylic acids is 1. The lowest BCUT2D eigenvalue weighted by Crippen LogP contribution is -2.32. The molecule has 160 valence electrons. The van der Waals surface area contributed by atoms with Gasteiger partial charge in [0, 0.05) is 19.3 Å². The number of hydrogen-bond donors (Lipinski definition) is 1. The van der Waals surface area contributed by atoms with Gasteiger partial charge in [-0.25, -0.2) is 9.78 Å². The number of hydrogen-bond acceptors (Lipinski definition) is 7. The molecule has 1 N–H and O–H groups in total. The lowest BCUT2D eigenvalue weighted by Gasteiger charge is -2.19. The molecule has 3 aromatic rings. The van der Waals surface area contributed by atoms with Crippen molar-refractivity contribution in [1.29, 1.82) is 0 Å². The molecule has 30 heavy (non-hydrogen) atoms. The Morgan fingerprint density at radius 1 is 1.23 bits per heavy atom. The van der Waals surface area contributed by atoms with E-state index in [-0.39, 0.29) is 12.1 Å². The number of benzene rings is 1.